The molecule has 0 atom stereocenters. The number of aromatic nitrogens is 3. The fourth-order valence-electron chi connectivity index (χ4n) is 3.18. The third kappa shape index (κ3) is 3.63. The molecule has 130 valence electrons. The summed E-state index contributed by atoms with van der Waals surface area (Å²) in [6, 6.07) is 5.00. The topological polar surface area (TPSA) is 92.9 Å². The molecule has 1 aromatic carbocycles. The van der Waals surface area contributed by atoms with Crippen LogP contribution in [0.1, 0.15) is 48.9 Å². The molecule has 1 saturated carbocycles. The highest BCUT2D eigenvalue weighted by Crippen LogP contribution is 2.35. The molecule has 25 heavy (non-hydrogen) atoms. The lowest BCUT2D eigenvalue weighted by Gasteiger charge is -2.18. The number of hydrogen-bond acceptors (Lipinski definition) is 6. The summed E-state index contributed by atoms with van der Waals surface area (Å²) in [4.78, 5) is 16.4. The molecule has 4 rings (SSSR count). The second-order valence-corrected chi connectivity index (χ2v) is 7.28. The molecule has 1 aliphatic rings. The summed E-state index contributed by atoms with van der Waals surface area (Å²) in [5, 5.41) is 15.4. The predicted octanol–water partition coefficient (Wildman–Crippen LogP) is 4.68. The molecule has 0 saturated heterocycles. The Morgan fingerprint density at radius 2 is 2.04 bits per heavy atom. The zero-order chi connectivity index (χ0) is 17.2. The van der Waals surface area contributed by atoms with Crippen molar-refractivity contribution in [3.8, 4) is 0 Å². The highest BCUT2D eigenvalue weighted by molar-refractivity contribution is 7.15. The van der Waals surface area contributed by atoms with Gasteiger partial charge in [0.1, 0.15) is 10.5 Å². The van der Waals surface area contributed by atoms with Crippen LogP contribution in [0.15, 0.2) is 22.6 Å². The first kappa shape index (κ1) is 16.0. The Morgan fingerprint density at radius 3 is 2.88 bits per heavy atom. The maximum absolute atomic E-state index is 12.2. The summed E-state index contributed by atoms with van der Waals surface area (Å²) in [5.74, 6) is 1.09. The maximum Gasteiger partial charge on any atom is 0.325 e. The molecule has 8 heteroatoms. The quantitative estimate of drug-likeness (QED) is 0.710. The Labute approximate surface area is 148 Å². The van der Waals surface area contributed by atoms with E-state index in [0.717, 1.165) is 17.8 Å². The fraction of sp³-hybridized carbons (Fsp3) is 0.412. The average Bonchev–Trinajstić information content (AvgIpc) is 3.21. The third-order valence-corrected chi connectivity index (χ3v) is 5.37. The first-order valence-electron chi connectivity index (χ1n) is 8.46. The van der Waals surface area contributed by atoms with E-state index in [0.29, 0.717) is 33.7 Å². The van der Waals surface area contributed by atoms with Crippen LogP contribution in [-0.2, 0) is 0 Å². The zero-order valence-electron chi connectivity index (χ0n) is 13.9. The number of carbonyl (C=O) groups is 1. The molecule has 2 aromatic heterocycles. The van der Waals surface area contributed by atoms with Crippen LogP contribution in [0.2, 0.25) is 0 Å². The Balaban J connectivity index is 1.40. The molecule has 2 heterocycles. The lowest BCUT2D eigenvalue weighted by molar-refractivity contribution is 0.262. The highest BCUT2D eigenvalue weighted by Gasteiger charge is 2.20. The molecule has 0 bridgehead atoms. The van der Waals surface area contributed by atoms with Crippen molar-refractivity contribution in [2.75, 3.05) is 10.6 Å². The molecule has 0 aliphatic heterocycles. The van der Waals surface area contributed by atoms with Gasteiger partial charge in [0, 0.05) is 18.5 Å². The Kier molecular flexibility index (Phi) is 4.35. The SMILES string of the molecule is Cc1nc2cc(NC(=O)Nc3nnc(C4CCCCC4)s3)ccc2o1. The van der Waals surface area contributed by atoms with Crippen LogP contribution in [0.3, 0.4) is 0 Å². The minimum absolute atomic E-state index is 0.342. The van der Waals surface area contributed by atoms with Crippen LogP contribution in [0.25, 0.3) is 11.1 Å². The van der Waals surface area contributed by atoms with Crippen molar-refractivity contribution in [3.63, 3.8) is 0 Å². The second-order valence-electron chi connectivity index (χ2n) is 6.27. The van der Waals surface area contributed by atoms with Crippen LogP contribution in [0.4, 0.5) is 15.6 Å². The number of amides is 2. The molecule has 2 amide bonds. The van der Waals surface area contributed by atoms with Crippen molar-refractivity contribution in [1.29, 1.82) is 0 Å². The Morgan fingerprint density at radius 1 is 1.20 bits per heavy atom. The lowest BCUT2D eigenvalue weighted by atomic mass is 9.90. The number of hydrogen-bond donors (Lipinski definition) is 2. The van der Waals surface area contributed by atoms with Crippen molar-refractivity contribution in [2.45, 2.75) is 44.9 Å². The first-order chi connectivity index (χ1) is 12.2. The normalized spacial score (nSPS) is 15.4. The van der Waals surface area contributed by atoms with E-state index in [1.165, 1.54) is 30.6 Å². The summed E-state index contributed by atoms with van der Waals surface area (Å²) < 4.78 is 5.43. The number of carbonyl (C=O) groups excluding carboxylic acids is 1. The van der Waals surface area contributed by atoms with E-state index in [-0.39, 0.29) is 6.03 Å². The molecule has 7 nitrogen and oxygen atoms in total. The number of urea groups is 1. The van der Waals surface area contributed by atoms with Crippen LogP contribution < -0.4 is 10.6 Å². The van der Waals surface area contributed by atoms with E-state index in [1.54, 1.807) is 25.1 Å². The van der Waals surface area contributed by atoms with Crippen molar-refractivity contribution < 1.29 is 9.21 Å². The molecule has 0 unspecified atom stereocenters. The van der Waals surface area contributed by atoms with Crippen molar-refractivity contribution in [1.82, 2.24) is 15.2 Å². The van der Waals surface area contributed by atoms with Gasteiger partial charge in [-0.3, -0.25) is 5.32 Å². The summed E-state index contributed by atoms with van der Waals surface area (Å²) in [6.45, 7) is 1.79. The number of nitrogens with zero attached hydrogens (tertiary/aromatic N) is 3. The molecule has 0 spiro atoms. The number of anilines is 2. The predicted molar refractivity (Wildman–Crippen MR) is 97.1 cm³/mol. The standard InChI is InChI=1S/C17H19N5O2S/c1-10-18-13-9-12(7-8-14(13)24-10)19-16(23)20-17-22-21-15(25-17)11-5-3-2-4-6-11/h7-9,11H,2-6H2,1H3,(H2,19,20,22,23). The molecule has 2 N–H and O–H groups in total. The van der Waals surface area contributed by atoms with Gasteiger partial charge in [-0.25, -0.2) is 9.78 Å². The fourth-order valence-corrected chi connectivity index (χ4v) is 4.09. The molecular formula is C17H19N5O2S. The summed E-state index contributed by atoms with van der Waals surface area (Å²) in [7, 11) is 0. The zero-order valence-corrected chi connectivity index (χ0v) is 14.7. The molecule has 1 fully saturated rings. The number of rotatable bonds is 3. The number of nitrogens with one attached hydrogen (secondary N) is 2. The van der Waals surface area contributed by atoms with Gasteiger partial charge in [-0.1, -0.05) is 30.6 Å². The van der Waals surface area contributed by atoms with Gasteiger partial charge in [-0.2, -0.15) is 0 Å². The minimum atomic E-state index is -0.342. The number of benzene rings is 1. The van der Waals surface area contributed by atoms with E-state index in [2.05, 4.69) is 25.8 Å². The average molecular weight is 357 g/mol. The smallest absolute Gasteiger partial charge is 0.325 e. The van der Waals surface area contributed by atoms with Gasteiger partial charge in [-0.15, -0.1) is 10.2 Å². The van der Waals surface area contributed by atoms with Gasteiger partial charge in [0.2, 0.25) is 5.13 Å². The molecule has 3 aromatic rings. The van der Waals surface area contributed by atoms with Crippen LogP contribution in [0, 0.1) is 6.92 Å². The highest BCUT2D eigenvalue weighted by atomic mass is 32.1. The largest absolute Gasteiger partial charge is 0.441 e. The molecule has 0 radical (unpaired) electrons. The monoisotopic (exact) mass is 357 g/mol. The summed E-state index contributed by atoms with van der Waals surface area (Å²) in [5.41, 5.74) is 2.06. The summed E-state index contributed by atoms with van der Waals surface area (Å²) in [6.07, 6.45) is 6.13. The van der Waals surface area contributed by atoms with Crippen molar-refractivity contribution in [3.05, 3.63) is 29.1 Å². The van der Waals surface area contributed by atoms with E-state index in [1.807, 2.05) is 0 Å². The number of aryl methyl sites for hydroxylation is 1. The number of fused-ring (bicyclic) bond motifs is 1. The van der Waals surface area contributed by atoms with Gasteiger partial charge in [-0.05, 0) is 31.0 Å². The Bertz CT molecular complexity index is 897. The van der Waals surface area contributed by atoms with Gasteiger partial charge in [0.15, 0.2) is 11.5 Å². The minimum Gasteiger partial charge on any atom is -0.441 e. The molecule has 1 aliphatic carbocycles. The number of oxazole rings is 1. The molecular weight excluding hydrogens is 338 g/mol. The van der Waals surface area contributed by atoms with Crippen molar-refractivity contribution in [2.24, 2.45) is 0 Å². The van der Waals surface area contributed by atoms with E-state index >= 15 is 0 Å². The van der Waals surface area contributed by atoms with E-state index < -0.39 is 0 Å². The van der Waals surface area contributed by atoms with Crippen LogP contribution >= 0.6 is 11.3 Å². The maximum atomic E-state index is 12.2. The van der Waals surface area contributed by atoms with Gasteiger partial charge in [0.05, 0.1) is 0 Å². The van der Waals surface area contributed by atoms with E-state index in [4.69, 9.17) is 4.42 Å². The van der Waals surface area contributed by atoms with E-state index in [9.17, 15) is 4.79 Å². The van der Waals surface area contributed by atoms with Crippen LogP contribution in [0.5, 0.6) is 0 Å². The van der Waals surface area contributed by atoms with Gasteiger partial charge in [0.25, 0.3) is 0 Å². The lowest BCUT2D eigenvalue weighted by Crippen LogP contribution is -2.19. The first-order valence-corrected chi connectivity index (χ1v) is 9.27. The van der Waals surface area contributed by atoms with Crippen LogP contribution in [-0.4, -0.2) is 21.2 Å². The van der Waals surface area contributed by atoms with Gasteiger partial charge < -0.3 is 9.73 Å². The van der Waals surface area contributed by atoms with Gasteiger partial charge >= 0.3 is 6.03 Å². The Hall–Kier alpha value is -2.48. The van der Waals surface area contributed by atoms with Crippen molar-refractivity contribution >= 4 is 39.3 Å². The third-order valence-electron chi connectivity index (χ3n) is 4.37. The second kappa shape index (κ2) is 6.79. The summed E-state index contributed by atoms with van der Waals surface area (Å²) >= 11 is 1.46.